The highest BCUT2D eigenvalue weighted by atomic mass is 15.1. The highest BCUT2D eigenvalue weighted by Gasteiger charge is 2.16. The van der Waals surface area contributed by atoms with Crippen LogP contribution in [0.5, 0.6) is 0 Å². The predicted molar refractivity (Wildman–Crippen MR) is 106 cm³/mol. The molecule has 0 aliphatic heterocycles. The molecule has 0 saturated carbocycles. The molecule has 0 aliphatic carbocycles. The molecule has 0 N–H and O–H groups in total. The Morgan fingerprint density at radius 3 is 2.28 bits per heavy atom. The van der Waals surface area contributed by atoms with E-state index in [1.54, 1.807) is 49.3 Å². The second-order valence-electron chi connectivity index (χ2n) is 6.39. The Balaban J connectivity index is 1.56. The van der Waals surface area contributed by atoms with Crippen molar-refractivity contribution >= 4 is 5.78 Å². The van der Waals surface area contributed by atoms with E-state index < -0.39 is 0 Å². The van der Waals surface area contributed by atoms with Gasteiger partial charge in [0.1, 0.15) is 0 Å². The van der Waals surface area contributed by atoms with Gasteiger partial charge in [-0.1, -0.05) is 6.92 Å². The molecule has 0 atom stereocenters. The molecule has 0 bridgehead atoms. The molecule has 5 heterocycles. The van der Waals surface area contributed by atoms with Gasteiger partial charge in [0.15, 0.2) is 17.5 Å². The van der Waals surface area contributed by atoms with Gasteiger partial charge in [-0.2, -0.15) is 0 Å². The minimum Gasteiger partial charge on any atom is -0.322 e. The van der Waals surface area contributed by atoms with Crippen LogP contribution in [0.4, 0.5) is 0 Å². The van der Waals surface area contributed by atoms with Crippen molar-refractivity contribution in [2.75, 3.05) is 0 Å². The number of hydrogen-bond donors (Lipinski definition) is 0. The van der Waals surface area contributed by atoms with E-state index in [9.17, 15) is 0 Å². The molecule has 29 heavy (non-hydrogen) atoms. The summed E-state index contributed by atoms with van der Waals surface area (Å²) in [5, 5.41) is 0. The minimum atomic E-state index is 0.553. The summed E-state index contributed by atoms with van der Waals surface area (Å²) in [6, 6.07) is 3.58. The van der Waals surface area contributed by atoms with Gasteiger partial charge in [0.05, 0.1) is 17.8 Å². The summed E-state index contributed by atoms with van der Waals surface area (Å²) >= 11 is 0. The third-order valence-electron chi connectivity index (χ3n) is 4.62. The average molecular weight is 383 g/mol. The van der Waals surface area contributed by atoms with Crippen LogP contribution in [0.2, 0.25) is 0 Å². The SMILES string of the molecule is CCc1c(Cn2ccnc2-c2ncccn2)nc2ncc(-c3ncccn3)cn12. The van der Waals surface area contributed by atoms with Crippen molar-refractivity contribution in [1.82, 2.24) is 43.9 Å². The largest absolute Gasteiger partial charge is 0.322 e. The van der Waals surface area contributed by atoms with Gasteiger partial charge < -0.3 is 4.57 Å². The normalized spacial score (nSPS) is 11.2. The molecule has 0 unspecified atom stereocenters. The van der Waals surface area contributed by atoms with Gasteiger partial charge >= 0.3 is 0 Å². The van der Waals surface area contributed by atoms with Gasteiger partial charge in [0, 0.05) is 55.3 Å². The van der Waals surface area contributed by atoms with E-state index in [0.29, 0.717) is 29.8 Å². The van der Waals surface area contributed by atoms with Crippen molar-refractivity contribution in [3.05, 3.63) is 73.1 Å². The number of aromatic nitrogens is 9. The van der Waals surface area contributed by atoms with Crippen molar-refractivity contribution in [3.63, 3.8) is 0 Å². The van der Waals surface area contributed by atoms with Crippen LogP contribution in [0.1, 0.15) is 18.3 Å². The van der Waals surface area contributed by atoms with E-state index in [-0.39, 0.29) is 0 Å². The summed E-state index contributed by atoms with van der Waals surface area (Å²) in [7, 11) is 0. The standard InChI is InChI=1S/C20H17N9/c1-2-16-15(13-28-10-9-25-19(28)18-23-7-4-8-24-18)27-20-26-11-14(12-29(16)20)17-21-5-3-6-22-17/h3-12H,2,13H2,1H3. The van der Waals surface area contributed by atoms with Crippen LogP contribution in [0, 0.1) is 0 Å². The average Bonchev–Trinajstić information content (AvgIpc) is 3.38. The third kappa shape index (κ3) is 3.12. The van der Waals surface area contributed by atoms with Crippen molar-refractivity contribution in [1.29, 1.82) is 0 Å². The highest BCUT2D eigenvalue weighted by molar-refractivity contribution is 5.54. The fourth-order valence-electron chi connectivity index (χ4n) is 3.31. The summed E-state index contributed by atoms with van der Waals surface area (Å²) < 4.78 is 4.01. The van der Waals surface area contributed by atoms with E-state index in [0.717, 1.165) is 23.4 Å². The maximum atomic E-state index is 4.75. The number of nitrogens with zero attached hydrogens (tertiary/aromatic N) is 9. The summed E-state index contributed by atoms with van der Waals surface area (Å²) in [5.41, 5.74) is 2.86. The lowest BCUT2D eigenvalue weighted by Crippen LogP contribution is -2.06. The Morgan fingerprint density at radius 1 is 0.828 bits per heavy atom. The van der Waals surface area contributed by atoms with Crippen LogP contribution in [0.15, 0.2) is 61.7 Å². The lowest BCUT2D eigenvalue weighted by Gasteiger charge is -2.07. The van der Waals surface area contributed by atoms with Gasteiger partial charge in [0.25, 0.3) is 0 Å². The summed E-state index contributed by atoms with van der Waals surface area (Å²) in [5.74, 6) is 2.57. The molecule has 0 spiro atoms. The molecule has 142 valence electrons. The molecule has 5 aromatic rings. The Kier molecular flexibility index (Phi) is 4.24. The van der Waals surface area contributed by atoms with Crippen LogP contribution in [-0.2, 0) is 13.0 Å². The third-order valence-corrected chi connectivity index (χ3v) is 4.62. The van der Waals surface area contributed by atoms with E-state index in [4.69, 9.17) is 4.98 Å². The molecule has 9 nitrogen and oxygen atoms in total. The van der Waals surface area contributed by atoms with Gasteiger partial charge in [-0.3, -0.25) is 4.40 Å². The second kappa shape index (κ2) is 7.19. The number of fused-ring (bicyclic) bond motifs is 1. The summed E-state index contributed by atoms with van der Waals surface area (Å²) in [6.45, 7) is 2.66. The van der Waals surface area contributed by atoms with Crippen LogP contribution >= 0.6 is 0 Å². The fraction of sp³-hybridized carbons (Fsp3) is 0.150. The molecule has 0 radical (unpaired) electrons. The first-order chi connectivity index (χ1) is 14.3. The van der Waals surface area contributed by atoms with Crippen LogP contribution in [0.3, 0.4) is 0 Å². The lowest BCUT2D eigenvalue weighted by molar-refractivity contribution is 0.766. The van der Waals surface area contributed by atoms with Gasteiger partial charge in [-0.05, 0) is 18.6 Å². The number of aryl methyl sites for hydroxylation is 1. The molecule has 0 fully saturated rings. The van der Waals surface area contributed by atoms with Crippen molar-refractivity contribution in [2.45, 2.75) is 19.9 Å². The van der Waals surface area contributed by atoms with Gasteiger partial charge in [-0.15, -0.1) is 0 Å². The Hall–Kier alpha value is -4.01. The lowest BCUT2D eigenvalue weighted by atomic mass is 10.2. The molecule has 9 heteroatoms. The van der Waals surface area contributed by atoms with E-state index in [2.05, 4.69) is 36.8 Å². The first kappa shape index (κ1) is 17.1. The summed E-state index contributed by atoms with van der Waals surface area (Å²) in [4.78, 5) is 30.9. The molecule has 0 aliphatic rings. The summed E-state index contributed by atoms with van der Waals surface area (Å²) in [6.07, 6.45) is 15.1. The van der Waals surface area contributed by atoms with Gasteiger partial charge in [0.2, 0.25) is 5.78 Å². The first-order valence-electron chi connectivity index (χ1n) is 9.25. The first-order valence-corrected chi connectivity index (χ1v) is 9.25. The molecule has 0 amide bonds. The molecular formula is C20H17N9. The zero-order valence-electron chi connectivity index (χ0n) is 15.7. The number of rotatable bonds is 5. The van der Waals surface area contributed by atoms with Crippen molar-refractivity contribution in [2.24, 2.45) is 0 Å². The van der Waals surface area contributed by atoms with Gasteiger partial charge in [-0.25, -0.2) is 34.9 Å². The molecule has 0 aromatic carbocycles. The van der Waals surface area contributed by atoms with E-state index in [1.165, 1.54) is 0 Å². The zero-order chi connectivity index (χ0) is 19.6. The highest BCUT2D eigenvalue weighted by Crippen LogP contribution is 2.20. The number of hydrogen-bond acceptors (Lipinski definition) is 7. The van der Waals surface area contributed by atoms with E-state index >= 15 is 0 Å². The van der Waals surface area contributed by atoms with E-state index in [1.807, 2.05) is 21.4 Å². The van der Waals surface area contributed by atoms with Crippen molar-refractivity contribution < 1.29 is 0 Å². The Morgan fingerprint density at radius 2 is 1.55 bits per heavy atom. The maximum absolute atomic E-state index is 4.75. The fourth-order valence-corrected chi connectivity index (χ4v) is 3.31. The van der Waals surface area contributed by atoms with Crippen LogP contribution < -0.4 is 0 Å². The maximum Gasteiger partial charge on any atom is 0.234 e. The predicted octanol–water partition coefficient (Wildman–Crippen LogP) is 2.45. The Labute approximate surface area is 166 Å². The smallest absolute Gasteiger partial charge is 0.234 e. The quantitative estimate of drug-likeness (QED) is 0.459. The molecule has 0 saturated heterocycles. The molecule has 5 rings (SSSR count). The zero-order valence-corrected chi connectivity index (χ0v) is 15.7. The monoisotopic (exact) mass is 383 g/mol. The second-order valence-corrected chi connectivity index (χ2v) is 6.39. The topological polar surface area (TPSA) is 99.6 Å². The van der Waals surface area contributed by atoms with Crippen LogP contribution in [0.25, 0.3) is 28.8 Å². The molecular weight excluding hydrogens is 366 g/mol. The minimum absolute atomic E-state index is 0.553. The Bertz CT molecular complexity index is 1260. The number of imidazole rings is 2. The van der Waals surface area contributed by atoms with Crippen LogP contribution in [-0.4, -0.2) is 43.9 Å². The molecule has 5 aromatic heterocycles. The van der Waals surface area contributed by atoms with Crippen molar-refractivity contribution in [3.8, 4) is 23.0 Å².